The molecule has 0 radical (unpaired) electrons. The van der Waals surface area contributed by atoms with Crippen molar-refractivity contribution < 1.29 is 8.22 Å². The lowest BCUT2D eigenvalue weighted by Crippen LogP contribution is -1.87. The zero-order chi connectivity index (χ0) is 37.8. The van der Waals surface area contributed by atoms with Crippen molar-refractivity contribution in [1.82, 2.24) is 0 Å². The van der Waals surface area contributed by atoms with Gasteiger partial charge in [0.2, 0.25) is 0 Å². The molecule has 8 aromatic carbocycles. The van der Waals surface area contributed by atoms with E-state index in [1.807, 2.05) is 78.9 Å². The van der Waals surface area contributed by atoms with Crippen LogP contribution in [-0.4, -0.2) is 0 Å². The molecule has 0 fully saturated rings. The smallest absolute Gasteiger partial charge is 0.0644 e. The van der Waals surface area contributed by atoms with Gasteiger partial charge in [0.1, 0.15) is 0 Å². The van der Waals surface area contributed by atoms with Gasteiger partial charge in [-0.05, 0) is 97.0 Å². The molecule has 9 aromatic rings. The standard InChI is InChI=1S/C48H32S/c1-4-11-33(12-5-1)35-19-23-37(24-20-35)41-29-42(38-25-21-36(22-26-38)34-13-6-2-7-14-34)31-43(30-41)40-27-28-45-47(32-40)49-46-18-10-17-44(48(45)46)39-15-8-3-9-16-39/h1-32H/i10D,17D,18D,27D,28D,32D. The van der Waals surface area contributed by atoms with E-state index in [0.717, 1.165) is 44.5 Å². The fourth-order valence-electron chi connectivity index (χ4n) is 6.49. The average Bonchev–Trinajstić information content (AvgIpc) is 3.64. The lowest BCUT2D eigenvalue weighted by molar-refractivity contribution is 1.56. The SMILES string of the molecule is [2H]c1c([2H])c(-c2ccccc2)c2c(sc3c([2H])c(-c4cc(-c5ccc(-c6ccccc6)cc5)cc(-c5ccc(-c6ccccc6)cc5)c4)c([2H])c([2H])c32)c1[2H]. The molecule has 9 rings (SSSR count). The molecule has 0 nitrogen and oxygen atoms in total. The number of hydrogen-bond acceptors (Lipinski definition) is 1. The van der Waals surface area contributed by atoms with Gasteiger partial charge in [0, 0.05) is 20.2 Å². The van der Waals surface area contributed by atoms with Crippen LogP contribution in [0.4, 0.5) is 0 Å². The molecule has 0 bridgehead atoms. The Morgan fingerprint density at radius 3 is 1.29 bits per heavy atom. The first-order valence-corrected chi connectivity index (χ1v) is 17.1. The summed E-state index contributed by atoms with van der Waals surface area (Å²) in [5.41, 5.74) is 10.4. The maximum Gasteiger partial charge on any atom is 0.0644 e. The van der Waals surface area contributed by atoms with E-state index < -0.39 is 0 Å². The number of thiophene rings is 1. The highest BCUT2D eigenvalue weighted by atomic mass is 32.1. The van der Waals surface area contributed by atoms with E-state index in [1.54, 1.807) is 0 Å². The van der Waals surface area contributed by atoms with Gasteiger partial charge >= 0.3 is 0 Å². The molecule has 0 amide bonds. The average molecular weight is 647 g/mol. The molecule has 0 unspecified atom stereocenters. The predicted octanol–water partition coefficient (Wildman–Crippen LogP) is 14.1. The Labute approximate surface area is 299 Å². The summed E-state index contributed by atoms with van der Waals surface area (Å²) in [5, 5.41) is 0.867. The quantitative estimate of drug-likeness (QED) is 0.169. The van der Waals surface area contributed by atoms with Gasteiger partial charge in [-0.2, -0.15) is 0 Å². The molecule has 49 heavy (non-hydrogen) atoms. The third kappa shape index (κ3) is 5.65. The van der Waals surface area contributed by atoms with E-state index in [4.69, 9.17) is 4.11 Å². The summed E-state index contributed by atoms with van der Waals surface area (Å²) in [6, 6.07) is 52.2. The van der Waals surface area contributed by atoms with Gasteiger partial charge in [0.05, 0.1) is 8.22 Å². The maximum atomic E-state index is 9.65. The summed E-state index contributed by atoms with van der Waals surface area (Å²) >= 11 is 1.20. The Hall–Kier alpha value is -6.02. The lowest BCUT2D eigenvalue weighted by atomic mass is 9.91. The Morgan fingerprint density at radius 1 is 0.347 bits per heavy atom. The molecule has 0 atom stereocenters. The van der Waals surface area contributed by atoms with Crippen LogP contribution in [0.1, 0.15) is 8.22 Å². The van der Waals surface area contributed by atoms with Crippen molar-refractivity contribution in [3.05, 3.63) is 194 Å². The highest BCUT2D eigenvalue weighted by Crippen LogP contribution is 2.42. The third-order valence-electron chi connectivity index (χ3n) is 9.01. The molecule has 0 spiro atoms. The molecule has 0 saturated carbocycles. The first-order valence-electron chi connectivity index (χ1n) is 19.3. The molecular formula is C48H32S. The number of fused-ring (bicyclic) bond motifs is 3. The highest BCUT2D eigenvalue weighted by Gasteiger charge is 2.14. The van der Waals surface area contributed by atoms with Crippen molar-refractivity contribution >= 4 is 31.5 Å². The van der Waals surface area contributed by atoms with E-state index in [2.05, 4.69) is 78.9 Å². The van der Waals surface area contributed by atoms with Gasteiger partial charge in [-0.1, -0.05) is 164 Å². The monoisotopic (exact) mass is 646 g/mol. The van der Waals surface area contributed by atoms with E-state index in [9.17, 15) is 4.11 Å². The van der Waals surface area contributed by atoms with Crippen LogP contribution in [0.15, 0.2) is 194 Å². The van der Waals surface area contributed by atoms with Crippen molar-refractivity contribution in [2.45, 2.75) is 0 Å². The zero-order valence-corrected chi connectivity index (χ0v) is 27.2. The fraction of sp³-hybridized carbons (Fsp3) is 0. The molecule has 0 aliphatic rings. The lowest BCUT2D eigenvalue weighted by Gasteiger charge is -2.13. The number of hydrogen-bond donors (Lipinski definition) is 0. The summed E-state index contributed by atoms with van der Waals surface area (Å²) in [6.45, 7) is 0. The minimum Gasteiger partial charge on any atom is -0.135 e. The first-order chi connectivity index (χ1) is 26.8. The molecule has 0 N–H and O–H groups in total. The van der Waals surface area contributed by atoms with Crippen LogP contribution in [0, 0.1) is 0 Å². The molecular weight excluding hydrogens is 609 g/mol. The van der Waals surface area contributed by atoms with Gasteiger partial charge in [-0.3, -0.25) is 0 Å². The van der Waals surface area contributed by atoms with Crippen LogP contribution in [0.25, 0.3) is 86.9 Å². The Morgan fingerprint density at radius 2 is 0.776 bits per heavy atom. The van der Waals surface area contributed by atoms with E-state index >= 15 is 0 Å². The molecule has 1 heteroatoms. The van der Waals surface area contributed by atoms with Crippen molar-refractivity contribution in [1.29, 1.82) is 0 Å². The first kappa shape index (κ1) is 23.3. The Bertz CT molecular complexity index is 2780. The van der Waals surface area contributed by atoms with Gasteiger partial charge in [0.25, 0.3) is 0 Å². The van der Waals surface area contributed by atoms with Crippen molar-refractivity contribution in [2.75, 3.05) is 0 Å². The summed E-state index contributed by atoms with van der Waals surface area (Å²) < 4.78 is 55.9. The molecule has 1 heterocycles. The van der Waals surface area contributed by atoms with Gasteiger partial charge in [0.15, 0.2) is 0 Å². The fourth-order valence-corrected chi connectivity index (χ4v) is 7.51. The molecule has 230 valence electrons. The highest BCUT2D eigenvalue weighted by molar-refractivity contribution is 7.26. The van der Waals surface area contributed by atoms with Crippen LogP contribution < -0.4 is 0 Å². The zero-order valence-electron chi connectivity index (χ0n) is 32.4. The Kier molecular flexibility index (Phi) is 5.97. The summed E-state index contributed by atoms with van der Waals surface area (Å²) in [5.74, 6) is 0. The second-order valence-electron chi connectivity index (χ2n) is 12.1. The maximum absolute atomic E-state index is 9.65. The number of rotatable bonds is 6. The Balaban J connectivity index is 1.26. The second-order valence-corrected chi connectivity index (χ2v) is 13.1. The van der Waals surface area contributed by atoms with Crippen LogP contribution in [-0.2, 0) is 0 Å². The second kappa shape index (κ2) is 12.5. The van der Waals surface area contributed by atoms with E-state index in [0.29, 0.717) is 42.4 Å². The van der Waals surface area contributed by atoms with Crippen molar-refractivity contribution in [2.24, 2.45) is 0 Å². The third-order valence-corrected chi connectivity index (χ3v) is 10.0. The summed E-state index contributed by atoms with van der Waals surface area (Å²) in [7, 11) is 0. The summed E-state index contributed by atoms with van der Waals surface area (Å²) in [4.78, 5) is 0. The van der Waals surface area contributed by atoms with Crippen LogP contribution in [0.3, 0.4) is 0 Å². The topological polar surface area (TPSA) is 0 Å². The van der Waals surface area contributed by atoms with Crippen molar-refractivity contribution in [3.8, 4) is 66.8 Å². The molecule has 0 aliphatic carbocycles. The number of benzene rings is 8. The molecule has 0 saturated heterocycles. The van der Waals surface area contributed by atoms with Crippen LogP contribution in [0.2, 0.25) is 0 Å². The van der Waals surface area contributed by atoms with Crippen LogP contribution in [0.5, 0.6) is 0 Å². The van der Waals surface area contributed by atoms with Gasteiger partial charge < -0.3 is 0 Å². The normalized spacial score (nSPS) is 13.0. The van der Waals surface area contributed by atoms with E-state index in [1.165, 1.54) is 11.3 Å². The van der Waals surface area contributed by atoms with Crippen molar-refractivity contribution in [3.63, 3.8) is 0 Å². The molecule has 1 aromatic heterocycles. The summed E-state index contributed by atoms with van der Waals surface area (Å²) in [6.07, 6.45) is 0. The van der Waals surface area contributed by atoms with E-state index in [-0.39, 0.29) is 36.3 Å². The largest absolute Gasteiger partial charge is 0.135 e. The predicted molar refractivity (Wildman–Crippen MR) is 212 cm³/mol. The van der Waals surface area contributed by atoms with Gasteiger partial charge in [-0.25, -0.2) is 0 Å². The minimum absolute atomic E-state index is 0.0626. The van der Waals surface area contributed by atoms with Gasteiger partial charge in [-0.15, -0.1) is 11.3 Å². The minimum atomic E-state index is -0.198. The van der Waals surface area contributed by atoms with Crippen LogP contribution >= 0.6 is 11.3 Å². The molecule has 0 aliphatic heterocycles.